The van der Waals surface area contributed by atoms with Crippen molar-refractivity contribution in [2.75, 3.05) is 13.6 Å². The van der Waals surface area contributed by atoms with E-state index < -0.39 is 41.6 Å². The van der Waals surface area contributed by atoms with Crippen molar-refractivity contribution < 1.29 is 28.3 Å². The first kappa shape index (κ1) is 24.3. The number of aliphatic hydroxyl groups excluding tert-OH is 1. The number of likely N-dealkylation sites (N-methyl/N-ethyl adjacent to an activating group) is 1. The molecule has 0 aromatic heterocycles. The van der Waals surface area contributed by atoms with Gasteiger partial charge < -0.3 is 20.6 Å². The number of halogens is 2. The molecule has 33 heavy (non-hydrogen) atoms. The maximum absolute atomic E-state index is 13.4. The predicted octanol–water partition coefficient (Wildman–Crippen LogP) is 2.02. The second-order valence-electron chi connectivity index (χ2n) is 8.30. The quantitative estimate of drug-likeness (QED) is 0.616. The third kappa shape index (κ3) is 6.13. The van der Waals surface area contributed by atoms with E-state index in [2.05, 4.69) is 10.6 Å². The fourth-order valence-corrected chi connectivity index (χ4v) is 3.94. The average Bonchev–Trinajstić information content (AvgIpc) is 2.92. The molecule has 0 spiro atoms. The van der Waals surface area contributed by atoms with Gasteiger partial charge in [-0.25, -0.2) is 8.78 Å². The first-order valence-corrected chi connectivity index (χ1v) is 10.7. The summed E-state index contributed by atoms with van der Waals surface area (Å²) in [5, 5.41) is 15.1. The standard InChI is InChI=1S/C24H27F2N3O4/c1-14(27-23(32)21(30)17-10-18(25)12-19(26)11-17)22(31)28-20-9-8-16(13-29(2)24(20)33)15-6-4-3-5-7-15/h3-7,10-12,14,16,20-21,30H,8-9,13H2,1-2H3,(H,27,32)(H,28,31)/t14-,16+,20-,21+/m0/s1. The molecule has 0 aliphatic carbocycles. The molecule has 9 heteroatoms. The molecule has 2 aromatic rings. The highest BCUT2D eigenvalue weighted by atomic mass is 19.1. The number of amides is 3. The number of aliphatic hydroxyl groups is 1. The first-order chi connectivity index (χ1) is 15.7. The summed E-state index contributed by atoms with van der Waals surface area (Å²) >= 11 is 0. The highest BCUT2D eigenvalue weighted by molar-refractivity contribution is 5.92. The van der Waals surface area contributed by atoms with Crippen LogP contribution in [0.3, 0.4) is 0 Å². The van der Waals surface area contributed by atoms with Crippen molar-refractivity contribution in [3.63, 3.8) is 0 Å². The molecule has 0 radical (unpaired) electrons. The number of carbonyl (C=O) groups excluding carboxylic acids is 3. The number of nitrogens with one attached hydrogen (secondary N) is 2. The highest BCUT2D eigenvalue weighted by Crippen LogP contribution is 2.26. The molecule has 0 saturated carbocycles. The second-order valence-corrected chi connectivity index (χ2v) is 8.30. The Morgan fingerprint density at radius 1 is 1.06 bits per heavy atom. The minimum absolute atomic E-state index is 0.140. The van der Waals surface area contributed by atoms with Crippen LogP contribution >= 0.6 is 0 Å². The lowest BCUT2D eigenvalue weighted by Gasteiger charge is -2.24. The summed E-state index contributed by atoms with van der Waals surface area (Å²) in [7, 11) is 1.68. The first-order valence-electron chi connectivity index (χ1n) is 10.7. The smallest absolute Gasteiger partial charge is 0.254 e. The van der Waals surface area contributed by atoms with Gasteiger partial charge in [0.25, 0.3) is 5.91 Å². The van der Waals surface area contributed by atoms with Crippen LogP contribution in [0.4, 0.5) is 8.78 Å². The lowest BCUT2D eigenvalue weighted by molar-refractivity contribution is -0.137. The Labute approximate surface area is 190 Å². The number of likely N-dealkylation sites (tertiary alicyclic amines) is 1. The molecule has 3 amide bonds. The second kappa shape index (κ2) is 10.5. The Morgan fingerprint density at radius 3 is 2.33 bits per heavy atom. The van der Waals surface area contributed by atoms with Gasteiger partial charge in [0, 0.05) is 25.6 Å². The van der Waals surface area contributed by atoms with Crippen LogP contribution in [0.25, 0.3) is 0 Å². The van der Waals surface area contributed by atoms with Gasteiger partial charge in [-0.15, -0.1) is 0 Å². The van der Waals surface area contributed by atoms with Crippen molar-refractivity contribution in [1.29, 1.82) is 0 Å². The minimum atomic E-state index is -1.86. The Balaban J connectivity index is 1.60. The largest absolute Gasteiger partial charge is 0.378 e. The number of hydrogen-bond donors (Lipinski definition) is 3. The molecular formula is C24H27F2N3O4. The topological polar surface area (TPSA) is 98.7 Å². The van der Waals surface area contributed by atoms with Crippen molar-refractivity contribution in [3.05, 3.63) is 71.3 Å². The molecule has 1 fully saturated rings. The zero-order valence-corrected chi connectivity index (χ0v) is 18.4. The Kier molecular flexibility index (Phi) is 7.75. The number of benzene rings is 2. The van der Waals surface area contributed by atoms with E-state index in [4.69, 9.17) is 0 Å². The molecule has 176 valence electrons. The van der Waals surface area contributed by atoms with E-state index >= 15 is 0 Å². The molecule has 1 heterocycles. The Bertz CT molecular complexity index is 998. The average molecular weight is 459 g/mol. The molecule has 4 atom stereocenters. The maximum Gasteiger partial charge on any atom is 0.254 e. The number of carbonyl (C=O) groups is 3. The van der Waals surface area contributed by atoms with Crippen LogP contribution < -0.4 is 10.6 Å². The van der Waals surface area contributed by atoms with Crippen LogP contribution in [-0.4, -0.2) is 53.4 Å². The third-order valence-electron chi connectivity index (χ3n) is 5.76. The molecule has 2 aromatic carbocycles. The highest BCUT2D eigenvalue weighted by Gasteiger charge is 2.32. The zero-order chi connectivity index (χ0) is 24.1. The van der Waals surface area contributed by atoms with Crippen molar-refractivity contribution in [2.45, 2.75) is 43.9 Å². The van der Waals surface area contributed by atoms with E-state index in [1.165, 1.54) is 6.92 Å². The number of rotatable bonds is 6. The summed E-state index contributed by atoms with van der Waals surface area (Å²) in [6.45, 7) is 1.92. The van der Waals surface area contributed by atoms with Crippen LogP contribution in [0.2, 0.25) is 0 Å². The normalized spacial score (nSPS) is 20.5. The molecule has 0 bridgehead atoms. The van der Waals surface area contributed by atoms with Crippen molar-refractivity contribution in [1.82, 2.24) is 15.5 Å². The molecule has 1 aliphatic heterocycles. The molecule has 3 N–H and O–H groups in total. The SMILES string of the molecule is C[C@H](NC(=O)[C@H](O)c1cc(F)cc(F)c1)C(=O)N[C@H]1CC[C@@H](c2ccccc2)CN(C)C1=O. The summed E-state index contributed by atoms with van der Waals surface area (Å²) in [4.78, 5) is 39.3. The monoisotopic (exact) mass is 459 g/mol. The van der Waals surface area contributed by atoms with Crippen molar-refractivity contribution in [2.24, 2.45) is 0 Å². The van der Waals surface area contributed by atoms with Gasteiger partial charge >= 0.3 is 0 Å². The van der Waals surface area contributed by atoms with Crippen LogP contribution in [0.15, 0.2) is 48.5 Å². The molecule has 3 rings (SSSR count). The lowest BCUT2D eigenvalue weighted by Crippen LogP contribution is -2.53. The summed E-state index contributed by atoms with van der Waals surface area (Å²) in [6, 6.07) is 10.3. The van der Waals surface area contributed by atoms with Crippen LogP contribution in [-0.2, 0) is 14.4 Å². The van der Waals surface area contributed by atoms with Gasteiger partial charge in [0.05, 0.1) is 0 Å². The maximum atomic E-state index is 13.4. The molecule has 7 nitrogen and oxygen atoms in total. The Hall–Kier alpha value is -3.33. The van der Waals surface area contributed by atoms with Gasteiger partial charge in [-0.2, -0.15) is 0 Å². The third-order valence-corrected chi connectivity index (χ3v) is 5.76. The number of hydrogen-bond acceptors (Lipinski definition) is 4. The zero-order valence-electron chi connectivity index (χ0n) is 18.4. The van der Waals surface area contributed by atoms with E-state index in [1.807, 2.05) is 30.3 Å². The summed E-state index contributed by atoms with van der Waals surface area (Å²) < 4.78 is 26.7. The van der Waals surface area contributed by atoms with E-state index in [0.717, 1.165) is 17.7 Å². The predicted molar refractivity (Wildman–Crippen MR) is 117 cm³/mol. The number of nitrogens with zero attached hydrogens (tertiary/aromatic N) is 1. The van der Waals surface area contributed by atoms with Crippen LogP contribution in [0.1, 0.15) is 42.9 Å². The molecular weight excluding hydrogens is 432 g/mol. The van der Waals surface area contributed by atoms with E-state index in [0.29, 0.717) is 25.5 Å². The molecule has 1 aliphatic rings. The van der Waals surface area contributed by atoms with E-state index in [1.54, 1.807) is 11.9 Å². The summed E-state index contributed by atoms with van der Waals surface area (Å²) in [5.74, 6) is -3.56. The summed E-state index contributed by atoms with van der Waals surface area (Å²) in [6.07, 6.45) is -0.738. The minimum Gasteiger partial charge on any atom is -0.378 e. The molecule has 1 saturated heterocycles. The lowest BCUT2D eigenvalue weighted by atomic mass is 9.94. The van der Waals surface area contributed by atoms with Gasteiger partial charge in [0.2, 0.25) is 11.8 Å². The van der Waals surface area contributed by atoms with E-state index in [-0.39, 0.29) is 17.4 Å². The van der Waals surface area contributed by atoms with Crippen LogP contribution in [0, 0.1) is 11.6 Å². The fraction of sp³-hybridized carbons (Fsp3) is 0.375. The van der Waals surface area contributed by atoms with E-state index in [9.17, 15) is 28.3 Å². The van der Waals surface area contributed by atoms with Crippen molar-refractivity contribution in [3.8, 4) is 0 Å². The van der Waals surface area contributed by atoms with Gasteiger partial charge in [-0.1, -0.05) is 30.3 Å². The van der Waals surface area contributed by atoms with Crippen molar-refractivity contribution >= 4 is 17.7 Å². The van der Waals surface area contributed by atoms with Gasteiger partial charge in [-0.3, -0.25) is 14.4 Å². The fourth-order valence-electron chi connectivity index (χ4n) is 3.94. The summed E-state index contributed by atoms with van der Waals surface area (Å²) in [5.41, 5.74) is 0.845. The van der Waals surface area contributed by atoms with Gasteiger partial charge in [-0.05, 0) is 43.0 Å². The molecule has 0 unspecified atom stereocenters. The van der Waals surface area contributed by atoms with Gasteiger partial charge in [0.15, 0.2) is 6.10 Å². The Morgan fingerprint density at radius 2 is 1.70 bits per heavy atom. The van der Waals surface area contributed by atoms with Crippen LogP contribution in [0.5, 0.6) is 0 Å². The van der Waals surface area contributed by atoms with Gasteiger partial charge in [0.1, 0.15) is 23.7 Å².